The Balaban J connectivity index is 1.73. The zero-order valence-electron chi connectivity index (χ0n) is 16.7. The highest BCUT2D eigenvalue weighted by Crippen LogP contribution is 2.28. The van der Waals surface area contributed by atoms with Gasteiger partial charge in [-0.15, -0.1) is 17.8 Å². The molecule has 0 aliphatic rings. The first kappa shape index (κ1) is 19.4. The molecule has 4 nitrogen and oxygen atoms in total. The molecule has 0 aliphatic heterocycles. The predicted octanol–water partition coefficient (Wildman–Crippen LogP) is 5.66. The second-order valence-electron chi connectivity index (χ2n) is 7.06. The fourth-order valence-corrected chi connectivity index (χ4v) is 5.47. The van der Waals surface area contributed by atoms with Crippen LogP contribution in [0.5, 0.6) is 0 Å². The number of pyridine rings is 1. The molecule has 0 unspecified atom stereocenters. The van der Waals surface area contributed by atoms with Crippen LogP contribution in [0, 0.1) is 19.3 Å². The first-order valence-electron chi connectivity index (χ1n) is 9.71. The molecular weight excluding hydrogens is 422 g/mol. The van der Waals surface area contributed by atoms with E-state index in [1.165, 1.54) is 11.3 Å². The molecule has 0 spiro atoms. The van der Waals surface area contributed by atoms with E-state index < -0.39 is 0 Å². The van der Waals surface area contributed by atoms with Crippen molar-refractivity contribution in [2.75, 3.05) is 0 Å². The molecule has 150 valence electrons. The van der Waals surface area contributed by atoms with Crippen LogP contribution in [0.2, 0.25) is 0 Å². The van der Waals surface area contributed by atoms with Gasteiger partial charge in [0.15, 0.2) is 4.80 Å². The number of hydrogen-bond acceptors (Lipinski definition) is 4. The van der Waals surface area contributed by atoms with Gasteiger partial charge in [-0.25, -0.2) is 4.98 Å². The first-order chi connectivity index (χ1) is 15.2. The highest BCUT2D eigenvalue weighted by molar-refractivity contribution is 7.16. The zero-order valence-corrected chi connectivity index (χ0v) is 18.3. The summed E-state index contributed by atoms with van der Waals surface area (Å²) in [6.45, 7) is 2.39. The third-order valence-electron chi connectivity index (χ3n) is 5.07. The number of thiazole rings is 1. The van der Waals surface area contributed by atoms with E-state index in [2.05, 4.69) is 10.9 Å². The number of benzene rings is 2. The van der Waals surface area contributed by atoms with E-state index in [0.29, 0.717) is 16.9 Å². The number of nitrogens with zero attached hydrogens (tertiary/aromatic N) is 3. The van der Waals surface area contributed by atoms with Crippen molar-refractivity contribution in [3.8, 4) is 22.9 Å². The van der Waals surface area contributed by atoms with Crippen molar-refractivity contribution in [3.05, 3.63) is 82.0 Å². The lowest BCUT2D eigenvalue weighted by atomic mass is 10.1. The van der Waals surface area contributed by atoms with E-state index in [1.807, 2.05) is 77.5 Å². The molecule has 3 heterocycles. The molecule has 5 rings (SSSR count). The Labute approximate surface area is 187 Å². The van der Waals surface area contributed by atoms with Crippen LogP contribution in [-0.4, -0.2) is 15.5 Å². The van der Waals surface area contributed by atoms with Crippen molar-refractivity contribution in [1.82, 2.24) is 9.55 Å². The van der Waals surface area contributed by atoms with Gasteiger partial charge < -0.3 is 4.57 Å². The van der Waals surface area contributed by atoms with E-state index >= 15 is 0 Å². The van der Waals surface area contributed by atoms with Gasteiger partial charge in [0.25, 0.3) is 5.91 Å². The number of amides is 1. The largest absolute Gasteiger partial charge is 0.304 e. The summed E-state index contributed by atoms with van der Waals surface area (Å²) in [6.07, 6.45) is 5.62. The van der Waals surface area contributed by atoms with Crippen molar-refractivity contribution >= 4 is 49.7 Å². The number of rotatable bonds is 3. The van der Waals surface area contributed by atoms with Crippen molar-refractivity contribution in [2.45, 2.75) is 13.5 Å². The Morgan fingerprint density at radius 3 is 2.84 bits per heavy atom. The Bertz CT molecular complexity index is 1550. The highest BCUT2D eigenvalue weighted by Gasteiger charge is 2.15. The van der Waals surface area contributed by atoms with E-state index in [-0.39, 0.29) is 5.91 Å². The van der Waals surface area contributed by atoms with Crippen molar-refractivity contribution in [1.29, 1.82) is 0 Å². The molecule has 0 N–H and O–H groups in total. The number of thiophene rings is 1. The van der Waals surface area contributed by atoms with Gasteiger partial charge in [-0.05, 0) is 42.1 Å². The predicted molar refractivity (Wildman–Crippen MR) is 128 cm³/mol. The van der Waals surface area contributed by atoms with Gasteiger partial charge in [0.2, 0.25) is 0 Å². The molecule has 0 aliphatic carbocycles. The molecule has 31 heavy (non-hydrogen) atoms. The smallest absolute Gasteiger partial charge is 0.280 e. The molecule has 0 atom stereocenters. The maximum atomic E-state index is 13.4. The van der Waals surface area contributed by atoms with E-state index in [1.54, 1.807) is 11.3 Å². The third-order valence-corrected chi connectivity index (χ3v) is 7.01. The third kappa shape index (κ3) is 3.48. The standard InChI is InChI=1S/C25H17N3OS2/c1-3-13-28-23-16(2)8-6-11-22(23)31-25(28)27-24(29)18-15-20(21-12-7-14-30-21)26-19-10-5-4-9-17(18)19/h1,4-12,14-15H,13H2,2H3. The molecule has 0 bridgehead atoms. The van der Waals surface area contributed by atoms with Crippen molar-refractivity contribution < 1.29 is 4.79 Å². The summed E-state index contributed by atoms with van der Waals surface area (Å²) >= 11 is 3.07. The lowest BCUT2D eigenvalue weighted by molar-refractivity contribution is 0.0999. The van der Waals surface area contributed by atoms with Crippen LogP contribution in [0.15, 0.2) is 71.0 Å². The summed E-state index contributed by atoms with van der Waals surface area (Å²) in [7, 11) is 0. The number of terminal acetylenes is 1. The monoisotopic (exact) mass is 439 g/mol. The molecule has 0 saturated heterocycles. The summed E-state index contributed by atoms with van der Waals surface area (Å²) in [5, 5.41) is 2.79. The number of aromatic nitrogens is 2. The Morgan fingerprint density at radius 2 is 2.03 bits per heavy atom. The zero-order chi connectivity index (χ0) is 21.4. The Morgan fingerprint density at radius 1 is 1.16 bits per heavy atom. The summed E-state index contributed by atoms with van der Waals surface area (Å²) in [6, 6.07) is 19.6. The number of aryl methyl sites for hydroxylation is 1. The van der Waals surface area contributed by atoms with E-state index in [0.717, 1.165) is 37.3 Å². The van der Waals surface area contributed by atoms with Gasteiger partial charge in [0.05, 0.1) is 38.4 Å². The van der Waals surface area contributed by atoms with Gasteiger partial charge in [-0.2, -0.15) is 4.99 Å². The summed E-state index contributed by atoms with van der Waals surface area (Å²) < 4.78 is 3.00. The van der Waals surface area contributed by atoms with Crippen LogP contribution in [0.25, 0.3) is 31.7 Å². The number of carbonyl (C=O) groups excluding carboxylic acids is 1. The number of hydrogen-bond donors (Lipinski definition) is 0. The van der Waals surface area contributed by atoms with Gasteiger partial charge in [-0.1, -0.05) is 53.7 Å². The maximum Gasteiger partial charge on any atom is 0.280 e. The van der Waals surface area contributed by atoms with Gasteiger partial charge in [0.1, 0.15) is 0 Å². The first-order valence-corrected chi connectivity index (χ1v) is 11.4. The Hall–Kier alpha value is -3.53. The number of fused-ring (bicyclic) bond motifs is 2. The minimum Gasteiger partial charge on any atom is -0.304 e. The molecule has 1 amide bonds. The molecule has 2 aromatic carbocycles. The Kier molecular flexibility index (Phi) is 4.99. The molecule has 5 aromatic rings. The topological polar surface area (TPSA) is 47.2 Å². The van der Waals surface area contributed by atoms with E-state index in [4.69, 9.17) is 11.4 Å². The van der Waals surface area contributed by atoms with Crippen LogP contribution < -0.4 is 4.80 Å². The second-order valence-corrected chi connectivity index (χ2v) is 9.02. The van der Waals surface area contributed by atoms with Crippen molar-refractivity contribution in [3.63, 3.8) is 0 Å². The van der Waals surface area contributed by atoms with Crippen LogP contribution in [-0.2, 0) is 6.54 Å². The molecule has 3 aromatic heterocycles. The van der Waals surface area contributed by atoms with Crippen LogP contribution in [0.4, 0.5) is 0 Å². The molecule has 0 radical (unpaired) electrons. The summed E-state index contributed by atoms with van der Waals surface area (Å²) in [5.41, 5.74) is 4.21. The quantitative estimate of drug-likeness (QED) is 0.341. The lowest BCUT2D eigenvalue weighted by Crippen LogP contribution is -2.17. The van der Waals surface area contributed by atoms with Crippen molar-refractivity contribution in [2.24, 2.45) is 4.99 Å². The SMILES string of the molecule is C#CCn1c(=NC(=O)c2cc(-c3cccs3)nc3ccccc23)sc2cccc(C)c21. The van der Waals surface area contributed by atoms with Gasteiger partial charge >= 0.3 is 0 Å². The maximum absolute atomic E-state index is 13.4. The lowest BCUT2D eigenvalue weighted by Gasteiger charge is -2.06. The van der Waals surface area contributed by atoms with Gasteiger partial charge in [0, 0.05) is 5.39 Å². The average molecular weight is 440 g/mol. The van der Waals surface area contributed by atoms with Crippen LogP contribution in [0.1, 0.15) is 15.9 Å². The van der Waals surface area contributed by atoms with E-state index in [9.17, 15) is 4.79 Å². The molecule has 0 fully saturated rings. The average Bonchev–Trinajstić information content (AvgIpc) is 3.43. The van der Waals surface area contributed by atoms with Crippen LogP contribution >= 0.6 is 22.7 Å². The van der Waals surface area contributed by atoms with Gasteiger partial charge in [-0.3, -0.25) is 4.79 Å². The molecule has 6 heteroatoms. The minimum atomic E-state index is -0.300. The fourth-order valence-electron chi connectivity index (χ4n) is 3.68. The normalized spacial score (nSPS) is 11.8. The highest BCUT2D eigenvalue weighted by atomic mass is 32.1. The fraction of sp³-hybridized carbons (Fsp3) is 0.0800. The van der Waals surface area contributed by atoms with Crippen LogP contribution in [0.3, 0.4) is 0 Å². The second kappa shape index (κ2) is 7.95. The molecular formula is C25H17N3OS2. The molecule has 0 saturated carbocycles. The summed E-state index contributed by atoms with van der Waals surface area (Å²) in [4.78, 5) is 24.3. The number of carbonyl (C=O) groups is 1. The number of para-hydroxylation sites is 2. The minimum absolute atomic E-state index is 0.300. The summed E-state index contributed by atoms with van der Waals surface area (Å²) in [5.74, 6) is 2.39.